The van der Waals surface area contributed by atoms with Crippen LogP contribution in [-0.4, -0.2) is 47.0 Å². The monoisotopic (exact) mass is 299 g/mol. The minimum Gasteiger partial charge on any atom is -0.425 e. The SMILES string of the molecule is CCCC(=O)OC(C)OC(=O)NC[C@@H](F)CP(O)O. The molecule has 0 spiro atoms. The predicted octanol–water partition coefficient (Wildman–Crippen LogP) is 1.04. The van der Waals surface area contributed by atoms with Crippen LogP contribution in [0.15, 0.2) is 0 Å². The van der Waals surface area contributed by atoms with Gasteiger partial charge in [-0.1, -0.05) is 6.92 Å². The Kier molecular flexibility index (Phi) is 9.38. The van der Waals surface area contributed by atoms with Crippen molar-refractivity contribution in [3.8, 4) is 0 Å². The van der Waals surface area contributed by atoms with E-state index in [2.05, 4.69) is 10.1 Å². The lowest BCUT2D eigenvalue weighted by Gasteiger charge is -2.15. The maximum absolute atomic E-state index is 13.0. The van der Waals surface area contributed by atoms with Gasteiger partial charge in [0.25, 0.3) is 0 Å². The number of carbonyl (C=O) groups is 2. The van der Waals surface area contributed by atoms with Gasteiger partial charge in [-0.2, -0.15) is 0 Å². The second-order valence-electron chi connectivity index (χ2n) is 3.75. The maximum atomic E-state index is 13.0. The molecule has 2 atom stereocenters. The first-order chi connectivity index (χ1) is 8.85. The Morgan fingerprint density at radius 1 is 1.37 bits per heavy atom. The zero-order valence-electron chi connectivity index (χ0n) is 10.8. The molecular formula is C10H19FNO6P. The van der Waals surface area contributed by atoms with Crippen molar-refractivity contribution in [3.63, 3.8) is 0 Å². The fourth-order valence-electron chi connectivity index (χ4n) is 1.10. The molecule has 0 aromatic heterocycles. The molecular weight excluding hydrogens is 280 g/mol. The van der Waals surface area contributed by atoms with E-state index in [1.165, 1.54) is 6.92 Å². The molecule has 1 amide bonds. The molecule has 0 saturated heterocycles. The average Bonchev–Trinajstić information content (AvgIpc) is 2.25. The van der Waals surface area contributed by atoms with E-state index in [1.807, 2.05) is 0 Å². The number of rotatable bonds is 8. The molecule has 0 bridgehead atoms. The van der Waals surface area contributed by atoms with Crippen LogP contribution in [0.25, 0.3) is 0 Å². The van der Waals surface area contributed by atoms with Crippen LogP contribution in [0.3, 0.4) is 0 Å². The molecule has 3 N–H and O–H groups in total. The third-order valence-corrected chi connectivity index (χ3v) is 2.58. The largest absolute Gasteiger partial charge is 0.425 e. The van der Waals surface area contributed by atoms with E-state index in [4.69, 9.17) is 14.5 Å². The van der Waals surface area contributed by atoms with E-state index in [0.29, 0.717) is 6.42 Å². The molecule has 0 radical (unpaired) electrons. The number of carbonyl (C=O) groups excluding carboxylic acids is 2. The highest BCUT2D eigenvalue weighted by atomic mass is 31.2. The number of hydrogen-bond acceptors (Lipinski definition) is 6. The normalized spacial score (nSPS) is 13.8. The number of amides is 1. The Balaban J connectivity index is 3.81. The summed E-state index contributed by atoms with van der Waals surface area (Å²) in [4.78, 5) is 39.4. The average molecular weight is 299 g/mol. The summed E-state index contributed by atoms with van der Waals surface area (Å²) in [5.41, 5.74) is 0. The van der Waals surface area contributed by atoms with Crippen LogP contribution in [0.5, 0.6) is 0 Å². The van der Waals surface area contributed by atoms with Crippen LogP contribution in [0, 0.1) is 0 Å². The molecule has 0 aliphatic heterocycles. The van der Waals surface area contributed by atoms with Crippen LogP contribution in [0.1, 0.15) is 26.7 Å². The number of alkyl carbamates (subject to hydrolysis) is 1. The molecule has 112 valence electrons. The lowest BCUT2D eigenvalue weighted by Crippen LogP contribution is -2.34. The Labute approximate surface area is 112 Å². The molecule has 1 unspecified atom stereocenters. The highest BCUT2D eigenvalue weighted by Gasteiger charge is 2.16. The maximum Gasteiger partial charge on any atom is 0.410 e. The lowest BCUT2D eigenvalue weighted by molar-refractivity contribution is -0.164. The molecule has 7 nitrogen and oxygen atoms in total. The standard InChI is InChI=1S/C10H19FNO6P/c1-3-4-9(13)17-7(2)18-10(14)12-5-8(11)6-19(15)16/h7-8,15-16H,3-6H2,1-2H3,(H,12,14)/t7?,8-/m1/s1. The fraction of sp³-hybridized carbons (Fsp3) is 0.800. The second kappa shape index (κ2) is 9.89. The summed E-state index contributed by atoms with van der Waals surface area (Å²) in [6, 6.07) is 0. The third kappa shape index (κ3) is 10.6. The van der Waals surface area contributed by atoms with Crippen LogP contribution >= 0.6 is 8.38 Å². The number of alkyl halides is 1. The van der Waals surface area contributed by atoms with Gasteiger partial charge in [0.1, 0.15) is 6.17 Å². The number of hydrogen-bond donors (Lipinski definition) is 3. The molecule has 0 aliphatic carbocycles. The molecule has 0 aliphatic rings. The lowest BCUT2D eigenvalue weighted by atomic mass is 10.3. The van der Waals surface area contributed by atoms with E-state index in [9.17, 15) is 14.0 Å². The Morgan fingerprint density at radius 2 is 2.00 bits per heavy atom. The van der Waals surface area contributed by atoms with Crippen LogP contribution in [0.4, 0.5) is 9.18 Å². The van der Waals surface area contributed by atoms with Crippen molar-refractivity contribution in [1.29, 1.82) is 0 Å². The molecule has 0 rings (SSSR count). The molecule has 9 heteroatoms. The highest BCUT2D eigenvalue weighted by Crippen LogP contribution is 2.24. The number of esters is 1. The highest BCUT2D eigenvalue weighted by molar-refractivity contribution is 7.45. The zero-order chi connectivity index (χ0) is 14.8. The summed E-state index contributed by atoms with van der Waals surface area (Å²) in [6.45, 7) is 2.76. The van der Waals surface area contributed by atoms with Gasteiger partial charge in [-0.15, -0.1) is 0 Å². The van der Waals surface area contributed by atoms with Gasteiger partial charge in [-0.3, -0.25) is 4.79 Å². The summed E-state index contributed by atoms with van der Waals surface area (Å²) >= 11 is 0. The van der Waals surface area contributed by atoms with E-state index in [-0.39, 0.29) is 6.42 Å². The van der Waals surface area contributed by atoms with Crippen LogP contribution in [0.2, 0.25) is 0 Å². The second-order valence-corrected chi connectivity index (χ2v) is 4.86. The topological polar surface area (TPSA) is 105 Å². The quantitative estimate of drug-likeness (QED) is 0.351. The summed E-state index contributed by atoms with van der Waals surface area (Å²) in [7, 11) is -2.34. The molecule has 0 heterocycles. The van der Waals surface area contributed by atoms with Gasteiger partial charge >= 0.3 is 12.1 Å². The van der Waals surface area contributed by atoms with Crippen molar-refractivity contribution in [2.75, 3.05) is 12.7 Å². The Hall–Kier alpha value is -0.980. The van der Waals surface area contributed by atoms with Crippen molar-refractivity contribution in [3.05, 3.63) is 0 Å². The van der Waals surface area contributed by atoms with E-state index < -0.39 is 45.6 Å². The Morgan fingerprint density at radius 3 is 2.53 bits per heavy atom. The fourth-order valence-corrected chi connectivity index (χ4v) is 1.58. The molecule has 0 saturated carbocycles. The van der Waals surface area contributed by atoms with Crippen molar-refractivity contribution in [1.82, 2.24) is 5.32 Å². The van der Waals surface area contributed by atoms with Crippen LogP contribution < -0.4 is 5.32 Å². The van der Waals surface area contributed by atoms with Gasteiger partial charge in [0.15, 0.2) is 8.38 Å². The van der Waals surface area contributed by atoms with Gasteiger partial charge in [0.05, 0.1) is 12.7 Å². The van der Waals surface area contributed by atoms with Crippen molar-refractivity contribution in [2.24, 2.45) is 0 Å². The summed E-state index contributed by atoms with van der Waals surface area (Å²) in [6.07, 6.45) is -3.20. The summed E-state index contributed by atoms with van der Waals surface area (Å²) < 4.78 is 22.4. The number of nitrogens with one attached hydrogen (secondary N) is 1. The first-order valence-electron chi connectivity index (χ1n) is 5.78. The smallest absolute Gasteiger partial charge is 0.410 e. The minimum absolute atomic E-state index is 0.221. The zero-order valence-corrected chi connectivity index (χ0v) is 11.7. The number of halogens is 1. The first kappa shape index (κ1) is 18.0. The minimum atomic E-state index is -2.34. The molecule has 0 fully saturated rings. The first-order valence-corrected chi connectivity index (χ1v) is 7.21. The molecule has 0 aromatic carbocycles. The third-order valence-electron chi connectivity index (χ3n) is 1.85. The van der Waals surface area contributed by atoms with Gasteiger partial charge in [-0.05, 0) is 6.42 Å². The van der Waals surface area contributed by atoms with Gasteiger partial charge in [-0.25, -0.2) is 9.18 Å². The molecule has 19 heavy (non-hydrogen) atoms. The Bertz CT molecular complexity index is 291. The van der Waals surface area contributed by atoms with Crippen molar-refractivity contribution < 1.29 is 33.2 Å². The van der Waals surface area contributed by atoms with E-state index >= 15 is 0 Å². The summed E-state index contributed by atoms with van der Waals surface area (Å²) in [5, 5.41) is 2.08. The van der Waals surface area contributed by atoms with Crippen molar-refractivity contribution >= 4 is 20.4 Å². The van der Waals surface area contributed by atoms with Crippen molar-refractivity contribution in [2.45, 2.75) is 39.2 Å². The van der Waals surface area contributed by atoms with Gasteiger partial charge in [0.2, 0.25) is 6.29 Å². The molecule has 0 aromatic rings. The van der Waals surface area contributed by atoms with Gasteiger partial charge in [0, 0.05) is 13.3 Å². The summed E-state index contributed by atoms with van der Waals surface area (Å²) in [5.74, 6) is -0.489. The number of ether oxygens (including phenoxy) is 2. The van der Waals surface area contributed by atoms with Gasteiger partial charge < -0.3 is 24.6 Å². The van der Waals surface area contributed by atoms with E-state index in [1.54, 1.807) is 6.92 Å². The van der Waals surface area contributed by atoms with Crippen LogP contribution in [-0.2, 0) is 14.3 Å². The van der Waals surface area contributed by atoms with E-state index in [0.717, 1.165) is 0 Å². The predicted molar refractivity (Wildman–Crippen MR) is 66.1 cm³/mol.